The molecule has 1 heteroatoms. The lowest BCUT2D eigenvalue weighted by atomic mass is 10.1. The van der Waals surface area contributed by atoms with Crippen molar-refractivity contribution < 1.29 is 0 Å². The molecular formula is C16H27N. The van der Waals surface area contributed by atoms with Crippen LogP contribution >= 0.6 is 0 Å². The maximum Gasteiger partial charge on any atom is 0.0372 e. The summed E-state index contributed by atoms with van der Waals surface area (Å²) >= 11 is 0. The summed E-state index contributed by atoms with van der Waals surface area (Å²) in [6.07, 6.45) is 6.67. The summed E-state index contributed by atoms with van der Waals surface area (Å²) in [5.74, 6) is 0. The van der Waals surface area contributed by atoms with E-state index in [-0.39, 0.29) is 0 Å². The Morgan fingerprint density at radius 1 is 1.12 bits per heavy atom. The summed E-state index contributed by atoms with van der Waals surface area (Å²) in [7, 11) is 0. The fourth-order valence-corrected chi connectivity index (χ4v) is 2.19. The third kappa shape index (κ3) is 5.25. The highest BCUT2D eigenvalue weighted by Crippen LogP contribution is 2.18. The Hall–Kier alpha value is -0.980. The maximum atomic E-state index is 3.61. The summed E-state index contributed by atoms with van der Waals surface area (Å²) in [5.41, 5.74) is 3.98. The molecule has 1 N–H and O–H groups in total. The van der Waals surface area contributed by atoms with Crippen LogP contribution < -0.4 is 5.32 Å². The standard InChI is InChI=1S/C16H27N/c1-5-6-7-8-9-15(4)17-16-11-10-13(2)12-14(16)3/h10-12,15,17H,5-9H2,1-4H3. The van der Waals surface area contributed by atoms with E-state index in [1.165, 1.54) is 48.9 Å². The van der Waals surface area contributed by atoms with Gasteiger partial charge in [0.05, 0.1) is 0 Å². The zero-order valence-corrected chi connectivity index (χ0v) is 11.8. The van der Waals surface area contributed by atoms with Crippen LogP contribution in [0.1, 0.15) is 57.1 Å². The van der Waals surface area contributed by atoms with Crippen molar-refractivity contribution in [3.05, 3.63) is 29.3 Å². The molecular weight excluding hydrogens is 206 g/mol. The number of hydrogen-bond donors (Lipinski definition) is 1. The van der Waals surface area contributed by atoms with Crippen molar-refractivity contribution in [1.82, 2.24) is 0 Å². The van der Waals surface area contributed by atoms with E-state index in [1.807, 2.05) is 0 Å². The molecule has 0 amide bonds. The smallest absolute Gasteiger partial charge is 0.0372 e. The lowest BCUT2D eigenvalue weighted by molar-refractivity contribution is 0.594. The molecule has 0 aliphatic carbocycles. The Morgan fingerprint density at radius 3 is 2.53 bits per heavy atom. The van der Waals surface area contributed by atoms with Gasteiger partial charge in [-0.1, -0.05) is 50.3 Å². The third-order valence-electron chi connectivity index (χ3n) is 3.27. The zero-order valence-electron chi connectivity index (χ0n) is 11.8. The maximum absolute atomic E-state index is 3.61. The van der Waals surface area contributed by atoms with Crippen molar-refractivity contribution in [3.63, 3.8) is 0 Å². The predicted octanol–water partition coefficient (Wildman–Crippen LogP) is 5.07. The number of unbranched alkanes of at least 4 members (excludes halogenated alkanes) is 3. The van der Waals surface area contributed by atoms with Crippen LogP contribution in [0.25, 0.3) is 0 Å². The van der Waals surface area contributed by atoms with Gasteiger partial charge in [-0.15, -0.1) is 0 Å². The highest BCUT2D eigenvalue weighted by Gasteiger charge is 2.04. The number of anilines is 1. The lowest BCUT2D eigenvalue weighted by Gasteiger charge is -2.17. The van der Waals surface area contributed by atoms with E-state index >= 15 is 0 Å². The van der Waals surface area contributed by atoms with Crippen molar-refractivity contribution in [2.24, 2.45) is 0 Å². The molecule has 96 valence electrons. The van der Waals surface area contributed by atoms with Gasteiger partial charge in [-0.2, -0.15) is 0 Å². The molecule has 1 unspecified atom stereocenters. The Labute approximate surface area is 107 Å². The first kappa shape index (κ1) is 14.1. The second-order valence-corrected chi connectivity index (χ2v) is 5.21. The van der Waals surface area contributed by atoms with Gasteiger partial charge in [0.1, 0.15) is 0 Å². The van der Waals surface area contributed by atoms with E-state index in [0.29, 0.717) is 6.04 Å². The minimum atomic E-state index is 0.577. The van der Waals surface area contributed by atoms with Gasteiger partial charge in [-0.05, 0) is 38.8 Å². The topological polar surface area (TPSA) is 12.0 Å². The van der Waals surface area contributed by atoms with E-state index in [0.717, 1.165) is 0 Å². The van der Waals surface area contributed by atoms with Crippen LogP contribution in [0, 0.1) is 13.8 Å². The summed E-state index contributed by atoms with van der Waals surface area (Å²) in [6, 6.07) is 7.20. The second kappa shape index (κ2) is 7.37. The van der Waals surface area contributed by atoms with Gasteiger partial charge in [-0.3, -0.25) is 0 Å². The van der Waals surface area contributed by atoms with Gasteiger partial charge in [0.15, 0.2) is 0 Å². The molecule has 1 aromatic carbocycles. The monoisotopic (exact) mass is 233 g/mol. The Bertz CT molecular complexity index is 330. The summed E-state index contributed by atoms with van der Waals surface area (Å²) < 4.78 is 0. The molecule has 1 nitrogen and oxygen atoms in total. The molecule has 0 radical (unpaired) electrons. The fraction of sp³-hybridized carbons (Fsp3) is 0.625. The van der Waals surface area contributed by atoms with Crippen molar-refractivity contribution in [1.29, 1.82) is 0 Å². The van der Waals surface area contributed by atoms with Crippen molar-refractivity contribution in [3.8, 4) is 0 Å². The summed E-state index contributed by atoms with van der Waals surface area (Å²) in [4.78, 5) is 0. The molecule has 0 saturated carbocycles. The molecule has 0 aromatic heterocycles. The minimum absolute atomic E-state index is 0.577. The minimum Gasteiger partial charge on any atom is -0.382 e. The van der Waals surface area contributed by atoms with E-state index < -0.39 is 0 Å². The molecule has 0 spiro atoms. The van der Waals surface area contributed by atoms with E-state index in [4.69, 9.17) is 0 Å². The van der Waals surface area contributed by atoms with Crippen molar-refractivity contribution >= 4 is 5.69 Å². The van der Waals surface area contributed by atoms with Crippen LogP contribution in [0.2, 0.25) is 0 Å². The van der Waals surface area contributed by atoms with Gasteiger partial charge in [0.2, 0.25) is 0 Å². The van der Waals surface area contributed by atoms with Crippen LogP contribution in [0.15, 0.2) is 18.2 Å². The van der Waals surface area contributed by atoms with Gasteiger partial charge in [0.25, 0.3) is 0 Å². The van der Waals surface area contributed by atoms with Crippen LogP contribution in [0.4, 0.5) is 5.69 Å². The third-order valence-corrected chi connectivity index (χ3v) is 3.27. The van der Waals surface area contributed by atoms with Crippen LogP contribution in [-0.4, -0.2) is 6.04 Å². The zero-order chi connectivity index (χ0) is 12.7. The quantitative estimate of drug-likeness (QED) is 0.648. The molecule has 0 heterocycles. The SMILES string of the molecule is CCCCCCC(C)Nc1ccc(C)cc1C. The molecule has 0 saturated heterocycles. The highest BCUT2D eigenvalue weighted by atomic mass is 14.9. The van der Waals surface area contributed by atoms with Gasteiger partial charge < -0.3 is 5.32 Å². The molecule has 0 fully saturated rings. The highest BCUT2D eigenvalue weighted by molar-refractivity contribution is 5.52. The Kier molecular flexibility index (Phi) is 6.10. The van der Waals surface area contributed by atoms with Gasteiger partial charge in [-0.25, -0.2) is 0 Å². The number of benzene rings is 1. The van der Waals surface area contributed by atoms with E-state index in [2.05, 4.69) is 51.2 Å². The molecule has 17 heavy (non-hydrogen) atoms. The fourth-order valence-electron chi connectivity index (χ4n) is 2.19. The average molecular weight is 233 g/mol. The Balaban J connectivity index is 2.37. The van der Waals surface area contributed by atoms with Crippen LogP contribution in [-0.2, 0) is 0 Å². The second-order valence-electron chi connectivity index (χ2n) is 5.21. The Morgan fingerprint density at radius 2 is 1.88 bits per heavy atom. The first-order valence-corrected chi connectivity index (χ1v) is 6.97. The van der Waals surface area contributed by atoms with Crippen LogP contribution in [0.5, 0.6) is 0 Å². The number of aryl methyl sites for hydroxylation is 2. The molecule has 0 bridgehead atoms. The lowest BCUT2D eigenvalue weighted by Crippen LogP contribution is -2.15. The summed E-state index contributed by atoms with van der Waals surface area (Å²) in [6.45, 7) is 8.87. The van der Waals surface area contributed by atoms with Gasteiger partial charge >= 0.3 is 0 Å². The van der Waals surface area contributed by atoms with Gasteiger partial charge in [0, 0.05) is 11.7 Å². The number of hydrogen-bond acceptors (Lipinski definition) is 1. The predicted molar refractivity (Wildman–Crippen MR) is 77.8 cm³/mol. The largest absolute Gasteiger partial charge is 0.382 e. The van der Waals surface area contributed by atoms with E-state index in [9.17, 15) is 0 Å². The first-order chi connectivity index (χ1) is 8.13. The number of rotatable bonds is 7. The molecule has 0 aliphatic heterocycles. The van der Waals surface area contributed by atoms with E-state index in [1.54, 1.807) is 0 Å². The number of nitrogens with one attached hydrogen (secondary N) is 1. The van der Waals surface area contributed by atoms with Crippen molar-refractivity contribution in [2.75, 3.05) is 5.32 Å². The first-order valence-electron chi connectivity index (χ1n) is 6.97. The molecule has 1 atom stereocenters. The molecule has 0 aliphatic rings. The molecule has 1 aromatic rings. The molecule has 1 rings (SSSR count). The normalized spacial score (nSPS) is 12.5. The van der Waals surface area contributed by atoms with Crippen LogP contribution in [0.3, 0.4) is 0 Å². The summed E-state index contributed by atoms with van der Waals surface area (Å²) in [5, 5.41) is 3.61. The van der Waals surface area contributed by atoms with Crippen molar-refractivity contribution in [2.45, 2.75) is 65.8 Å². The average Bonchev–Trinajstić information content (AvgIpc) is 2.28.